The van der Waals surface area contributed by atoms with Crippen LogP contribution < -0.4 is 5.32 Å². The summed E-state index contributed by atoms with van der Waals surface area (Å²) in [5.41, 5.74) is 1.99. The number of benzene rings is 2. The maximum atomic E-state index is 13.0. The summed E-state index contributed by atoms with van der Waals surface area (Å²) in [6, 6.07) is 16.7. The van der Waals surface area contributed by atoms with E-state index in [2.05, 4.69) is 10.5 Å². The van der Waals surface area contributed by atoms with Gasteiger partial charge in [-0.1, -0.05) is 35.5 Å². The third-order valence-corrected chi connectivity index (χ3v) is 6.73. The number of aliphatic hydroxyl groups is 1. The number of nitrogens with zero attached hydrogens (tertiary/aromatic N) is 3. The van der Waals surface area contributed by atoms with Gasteiger partial charge in [0.1, 0.15) is 16.9 Å². The Balaban J connectivity index is 1.21. The summed E-state index contributed by atoms with van der Waals surface area (Å²) in [5.74, 6) is -0.122. The van der Waals surface area contributed by atoms with Crippen molar-refractivity contribution in [2.45, 2.75) is 44.8 Å². The summed E-state index contributed by atoms with van der Waals surface area (Å²) >= 11 is 0. The van der Waals surface area contributed by atoms with Crippen LogP contribution in [0.5, 0.6) is 0 Å². The molecule has 0 radical (unpaired) electrons. The fourth-order valence-electron chi connectivity index (χ4n) is 4.46. The Morgan fingerprint density at radius 2 is 1.56 bits per heavy atom. The minimum Gasteiger partial charge on any atom is -0.444 e. The van der Waals surface area contributed by atoms with Gasteiger partial charge in [-0.15, -0.1) is 0 Å². The molecule has 2 heterocycles. The third-order valence-electron chi connectivity index (χ3n) is 6.73. The van der Waals surface area contributed by atoms with Crippen LogP contribution in [0.4, 0.5) is 10.7 Å². The molecule has 2 N–H and O–H groups in total. The van der Waals surface area contributed by atoms with Crippen LogP contribution in [0.3, 0.4) is 0 Å². The van der Waals surface area contributed by atoms with Gasteiger partial charge in [-0.25, -0.2) is 4.79 Å². The molecular weight excluding hydrogens is 500 g/mol. The average molecular weight is 533 g/mol. The highest BCUT2D eigenvalue weighted by molar-refractivity contribution is 5.95. The largest absolute Gasteiger partial charge is 0.444 e. The molecule has 0 atom stereocenters. The molecule has 5 rings (SSSR count). The van der Waals surface area contributed by atoms with E-state index in [0.717, 1.165) is 16.7 Å². The molecule has 1 saturated heterocycles. The lowest BCUT2D eigenvalue weighted by atomic mass is 10.0. The molecule has 2 aliphatic rings. The van der Waals surface area contributed by atoms with Gasteiger partial charge in [0.15, 0.2) is 0 Å². The van der Waals surface area contributed by atoms with Gasteiger partial charge in [0.2, 0.25) is 5.88 Å². The highest BCUT2D eigenvalue weighted by atomic mass is 16.6. The number of carbonyl (C=O) groups is 3. The maximum absolute atomic E-state index is 13.0. The van der Waals surface area contributed by atoms with Crippen molar-refractivity contribution >= 4 is 23.8 Å². The summed E-state index contributed by atoms with van der Waals surface area (Å²) in [5, 5.41) is 16.7. The maximum Gasteiger partial charge on any atom is 0.414 e. The number of carbonyl (C=O) groups excluding carboxylic acids is 3. The molecule has 204 valence electrons. The van der Waals surface area contributed by atoms with Gasteiger partial charge in [-0.2, -0.15) is 0 Å². The number of ether oxygens (including phenoxy) is 1. The molecule has 3 aromatic rings. The summed E-state index contributed by atoms with van der Waals surface area (Å²) < 4.78 is 10.5. The van der Waals surface area contributed by atoms with Crippen molar-refractivity contribution in [1.82, 2.24) is 15.0 Å². The van der Waals surface area contributed by atoms with Crippen LogP contribution in [-0.2, 0) is 9.53 Å². The first-order valence-electron chi connectivity index (χ1n) is 13.0. The van der Waals surface area contributed by atoms with Gasteiger partial charge < -0.3 is 24.2 Å². The summed E-state index contributed by atoms with van der Waals surface area (Å²) in [7, 11) is 0. The smallest absolute Gasteiger partial charge is 0.414 e. The third kappa shape index (κ3) is 6.12. The number of anilines is 1. The Morgan fingerprint density at radius 3 is 2.21 bits per heavy atom. The van der Waals surface area contributed by atoms with E-state index < -0.39 is 17.3 Å². The predicted octanol–water partition coefficient (Wildman–Crippen LogP) is 4.16. The lowest BCUT2D eigenvalue weighted by molar-refractivity contribution is -0.143. The zero-order valence-electron chi connectivity index (χ0n) is 22.3. The number of piperazine rings is 1. The van der Waals surface area contributed by atoms with Crippen molar-refractivity contribution in [3.8, 4) is 22.4 Å². The lowest BCUT2D eigenvalue weighted by Gasteiger charge is -2.35. The standard InChI is InChI=1S/C29H32N4O6/c1-28(2,3)38-27(36)30-24-18-23(31-39-24)22-6-4-5-21(17-22)19-7-9-20(10-8-19)25(34)32-13-15-33(16-14-32)26(35)29(37)11-12-29/h4-10,17-18,37H,11-16H2,1-3H3,(H,30,36). The minimum atomic E-state index is -1.17. The van der Waals surface area contributed by atoms with Gasteiger partial charge in [0.05, 0.1) is 0 Å². The molecule has 2 aromatic carbocycles. The molecule has 0 unspecified atom stereocenters. The summed E-state index contributed by atoms with van der Waals surface area (Å²) in [6.07, 6.45) is 0.414. The van der Waals surface area contributed by atoms with E-state index in [0.29, 0.717) is 50.3 Å². The van der Waals surface area contributed by atoms with Gasteiger partial charge in [0.25, 0.3) is 11.8 Å². The second-order valence-electron chi connectivity index (χ2n) is 11.0. The number of nitrogens with one attached hydrogen (secondary N) is 1. The molecule has 1 aromatic heterocycles. The quantitative estimate of drug-likeness (QED) is 0.505. The molecule has 39 heavy (non-hydrogen) atoms. The molecule has 1 saturated carbocycles. The van der Waals surface area contributed by atoms with Crippen molar-refractivity contribution in [3.05, 3.63) is 60.2 Å². The van der Waals surface area contributed by atoms with E-state index in [9.17, 15) is 19.5 Å². The van der Waals surface area contributed by atoms with Crippen molar-refractivity contribution in [2.75, 3.05) is 31.5 Å². The van der Waals surface area contributed by atoms with Crippen molar-refractivity contribution in [2.24, 2.45) is 0 Å². The van der Waals surface area contributed by atoms with Gasteiger partial charge in [-0.05, 0) is 62.9 Å². The molecule has 1 aliphatic carbocycles. The van der Waals surface area contributed by atoms with E-state index in [1.165, 1.54) is 0 Å². The van der Waals surface area contributed by atoms with Crippen LogP contribution in [0.15, 0.2) is 59.1 Å². The molecule has 1 aliphatic heterocycles. The Morgan fingerprint density at radius 1 is 0.923 bits per heavy atom. The van der Waals surface area contributed by atoms with Crippen LogP contribution in [-0.4, -0.2) is 75.4 Å². The second kappa shape index (κ2) is 10.2. The van der Waals surface area contributed by atoms with Crippen molar-refractivity contribution in [1.29, 1.82) is 0 Å². The molecule has 10 nitrogen and oxygen atoms in total. The molecule has 3 amide bonds. The number of hydrogen-bond acceptors (Lipinski definition) is 7. The Hall–Kier alpha value is -4.18. The van der Waals surface area contributed by atoms with Crippen LogP contribution in [0.1, 0.15) is 44.0 Å². The van der Waals surface area contributed by atoms with E-state index >= 15 is 0 Å². The monoisotopic (exact) mass is 532 g/mol. The lowest BCUT2D eigenvalue weighted by Crippen LogP contribution is -2.53. The van der Waals surface area contributed by atoms with E-state index in [-0.39, 0.29) is 17.7 Å². The Kier molecular flexibility index (Phi) is 6.90. The van der Waals surface area contributed by atoms with E-state index in [1.54, 1.807) is 48.8 Å². The first kappa shape index (κ1) is 26.4. The van der Waals surface area contributed by atoms with Crippen molar-refractivity contribution in [3.63, 3.8) is 0 Å². The van der Waals surface area contributed by atoms with Gasteiger partial charge >= 0.3 is 6.09 Å². The molecule has 10 heteroatoms. The fraction of sp³-hybridized carbons (Fsp3) is 0.379. The normalized spacial score (nSPS) is 16.5. The van der Waals surface area contributed by atoms with Crippen molar-refractivity contribution < 1.29 is 28.8 Å². The van der Waals surface area contributed by atoms with Crippen LogP contribution in [0, 0.1) is 0 Å². The summed E-state index contributed by atoms with van der Waals surface area (Å²) in [4.78, 5) is 40.8. The number of aromatic nitrogens is 1. The fourth-order valence-corrected chi connectivity index (χ4v) is 4.46. The summed E-state index contributed by atoms with van der Waals surface area (Å²) in [6.45, 7) is 7.06. The Labute approximate surface area is 226 Å². The SMILES string of the molecule is CC(C)(C)OC(=O)Nc1cc(-c2cccc(-c3ccc(C(=O)N4CCN(C(=O)C5(O)CC5)CC4)cc3)c2)no1. The van der Waals surface area contributed by atoms with E-state index in [1.807, 2.05) is 36.4 Å². The first-order valence-corrected chi connectivity index (χ1v) is 13.0. The second-order valence-corrected chi connectivity index (χ2v) is 11.0. The molecule has 2 fully saturated rings. The minimum absolute atomic E-state index is 0.0832. The highest BCUT2D eigenvalue weighted by Gasteiger charge is 2.50. The van der Waals surface area contributed by atoms with Crippen LogP contribution >= 0.6 is 0 Å². The predicted molar refractivity (Wildman–Crippen MR) is 144 cm³/mol. The van der Waals surface area contributed by atoms with Gasteiger partial charge in [0, 0.05) is 43.4 Å². The zero-order chi connectivity index (χ0) is 27.8. The molecule has 0 bridgehead atoms. The molecular formula is C29H32N4O6. The van der Waals surface area contributed by atoms with Crippen LogP contribution in [0.2, 0.25) is 0 Å². The zero-order valence-corrected chi connectivity index (χ0v) is 22.3. The highest BCUT2D eigenvalue weighted by Crippen LogP contribution is 2.37. The van der Waals surface area contributed by atoms with Crippen LogP contribution in [0.25, 0.3) is 22.4 Å². The topological polar surface area (TPSA) is 125 Å². The number of hydrogen-bond donors (Lipinski definition) is 2. The Bertz CT molecular complexity index is 1380. The number of rotatable bonds is 5. The first-order chi connectivity index (χ1) is 18.5. The number of amides is 3. The average Bonchev–Trinajstić information content (AvgIpc) is 3.50. The van der Waals surface area contributed by atoms with E-state index in [4.69, 9.17) is 9.26 Å². The molecule has 0 spiro atoms. The van der Waals surface area contributed by atoms with Gasteiger partial charge in [-0.3, -0.25) is 14.9 Å².